The number of aliphatic hydroxyl groups is 1. The molecule has 0 spiro atoms. The van der Waals surface area contributed by atoms with Gasteiger partial charge in [-0.25, -0.2) is 0 Å². The van der Waals surface area contributed by atoms with Crippen LogP contribution in [0.15, 0.2) is 23.0 Å². The second-order valence-corrected chi connectivity index (χ2v) is 5.72. The zero-order chi connectivity index (χ0) is 15.0. The highest BCUT2D eigenvalue weighted by Crippen LogP contribution is 2.24. The van der Waals surface area contributed by atoms with Crippen LogP contribution >= 0.6 is 0 Å². The van der Waals surface area contributed by atoms with Crippen LogP contribution in [0.2, 0.25) is 0 Å². The summed E-state index contributed by atoms with van der Waals surface area (Å²) >= 11 is 0. The predicted octanol–water partition coefficient (Wildman–Crippen LogP) is 1.23. The van der Waals surface area contributed by atoms with Gasteiger partial charge in [0, 0.05) is 18.2 Å². The molecule has 1 saturated heterocycles. The number of nitrogens with one attached hydrogen (secondary N) is 2. The Labute approximate surface area is 121 Å². The molecule has 2 heterocycles. The van der Waals surface area contributed by atoms with Crippen molar-refractivity contribution >= 4 is 16.8 Å². The van der Waals surface area contributed by atoms with Crippen LogP contribution in [0.3, 0.4) is 0 Å². The van der Waals surface area contributed by atoms with Gasteiger partial charge in [0.15, 0.2) is 0 Å². The van der Waals surface area contributed by atoms with E-state index in [1.807, 2.05) is 4.90 Å². The molecule has 1 aliphatic rings. The lowest BCUT2D eigenvalue weighted by Crippen LogP contribution is -2.37. The maximum absolute atomic E-state index is 12.6. The Bertz CT molecular complexity index is 716. The summed E-state index contributed by atoms with van der Waals surface area (Å²) in [6.45, 7) is 2.47. The van der Waals surface area contributed by atoms with Gasteiger partial charge in [-0.3, -0.25) is 19.8 Å². The molecule has 0 bridgehead atoms. The smallest absolute Gasteiger partial charge is 0.271 e. The number of nitrogens with zero attached hydrogens (tertiary/aromatic N) is 1. The van der Waals surface area contributed by atoms with E-state index >= 15 is 0 Å². The average molecular weight is 289 g/mol. The molecule has 1 amide bonds. The second-order valence-electron chi connectivity index (χ2n) is 5.72. The topological polar surface area (TPSA) is 89.2 Å². The number of aromatic amines is 2. The Hall–Kier alpha value is -2.08. The summed E-state index contributed by atoms with van der Waals surface area (Å²) in [5.41, 5.74) is 1.02. The molecule has 1 aliphatic heterocycles. The van der Waals surface area contributed by atoms with E-state index in [-0.39, 0.29) is 17.5 Å². The maximum Gasteiger partial charge on any atom is 0.271 e. The lowest BCUT2D eigenvalue weighted by Gasteiger charge is -2.25. The summed E-state index contributed by atoms with van der Waals surface area (Å²) in [5.74, 6) is -0.0397. The summed E-state index contributed by atoms with van der Waals surface area (Å²) in [6.07, 6.45) is 2.09. The molecule has 1 fully saturated rings. The third kappa shape index (κ3) is 2.58. The molecule has 3 N–H and O–H groups in total. The molecule has 0 aliphatic carbocycles. The first-order chi connectivity index (χ1) is 10.1. The predicted molar refractivity (Wildman–Crippen MR) is 79.3 cm³/mol. The minimum atomic E-state index is -0.410. The molecule has 6 heteroatoms. The summed E-state index contributed by atoms with van der Waals surface area (Å²) < 4.78 is 0. The number of aliphatic hydroxyl groups excluding tert-OH is 1. The highest BCUT2D eigenvalue weighted by atomic mass is 16.3. The standard InChI is InChI=1S/C15H19N3O3/c1-9(19)7-11-3-2-6-18(11)15(21)10-4-5-12-13(8-10)16-17-14(12)20/h4-5,8-9,11,19H,2-3,6-7H2,1H3,(H2,16,17,20). The van der Waals surface area contributed by atoms with E-state index in [4.69, 9.17) is 0 Å². The molecule has 112 valence electrons. The lowest BCUT2D eigenvalue weighted by atomic mass is 10.1. The van der Waals surface area contributed by atoms with Crippen LogP contribution in [-0.2, 0) is 0 Å². The van der Waals surface area contributed by atoms with Gasteiger partial charge in [-0.1, -0.05) is 0 Å². The van der Waals surface area contributed by atoms with Gasteiger partial charge in [0.2, 0.25) is 0 Å². The van der Waals surface area contributed by atoms with Crippen molar-refractivity contribution < 1.29 is 9.90 Å². The largest absolute Gasteiger partial charge is 0.393 e. The number of likely N-dealkylation sites (tertiary alicyclic amines) is 1. The average Bonchev–Trinajstić information content (AvgIpc) is 3.04. The molecule has 0 radical (unpaired) electrons. The summed E-state index contributed by atoms with van der Waals surface area (Å²) in [4.78, 5) is 25.9. The van der Waals surface area contributed by atoms with Crippen molar-refractivity contribution in [2.24, 2.45) is 0 Å². The van der Waals surface area contributed by atoms with Crippen molar-refractivity contribution in [3.8, 4) is 0 Å². The summed E-state index contributed by atoms with van der Waals surface area (Å²) in [6, 6.07) is 5.15. The van der Waals surface area contributed by atoms with Crippen molar-refractivity contribution in [2.75, 3.05) is 6.54 Å². The number of hydrogen-bond acceptors (Lipinski definition) is 3. The van der Waals surface area contributed by atoms with Crippen molar-refractivity contribution in [1.29, 1.82) is 0 Å². The van der Waals surface area contributed by atoms with E-state index in [0.717, 1.165) is 19.4 Å². The van der Waals surface area contributed by atoms with Crippen LogP contribution in [0.4, 0.5) is 0 Å². The van der Waals surface area contributed by atoms with Crippen LogP contribution < -0.4 is 5.56 Å². The summed E-state index contributed by atoms with van der Waals surface area (Å²) in [7, 11) is 0. The van der Waals surface area contributed by atoms with Crippen LogP contribution in [0, 0.1) is 0 Å². The van der Waals surface area contributed by atoms with E-state index in [0.29, 0.717) is 22.9 Å². The minimum Gasteiger partial charge on any atom is -0.393 e. The number of carbonyl (C=O) groups excluding carboxylic acids is 1. The van der Waals surface area contributed by atoms with Crippen molar-refractivity contribution in [1.82, 2.24) is 15.1 Å². The molecule has 0 saturated carbocycles. The van der Waals surface area contributed by atoms with Gasteiger partial charge in [-0.05, 0) is 44.4 Å². The normalized spacial score (nSPS) is 20.1. The van der Waals surface area contributed by atoms with Gasteiger partial charge in [-0.2, -0.15) is 0 Å². The monoisotopic (exact) mass is 289 g/mol. The molecule has 6 nitrogen and oxygen atoms in total. The number of hydrogen-bond donors (Lipinski definition) is 3. The fraction of sp³-hybridized carbons (Fsp3) is 0.467. The van der Waals surface area contributed by atoms with E-state index < -0.39 is 6.10 Å². The number of fused-ring (bicyclic) bond motifs is 1. The van der Waals surface area contributed by atoms with E-state index in [1.165, 1.54) is 0 Å². The van der Waals surface area contributed by atoms with Crippen molar-refractivity contribution in [3.63, 3.8) is 0 Å². The Morgan fingerprint density at radius 3 is 3.05 bits per heavy atom. The SMILES string of the molecule is CC(O)CC1CCCN1C(=O)c1ccc2c(=O)[nH][nH]c2c1. The highest BCUT2D eigenvalue weighted by Gasteiger charge is 2.30. The fourth-order valence-electron chi connectivity index (χ4n) is 3.08. The number of amides is 1. The number of carbonyl (C=O) groups is 1. The Morgan fingerprint density at radius 2 is 2.29 bits per heavy atom. The van der Waals surface area contributed by atoms with E-state index in [1.54, 1.807) is 25.1 Å². The molecule has 1 aromatic heterocycles. The van der Waals surface area contributed by atoms with Crippen LogP contribution in [0.5, 0.6) is 0 Å². The van der Waals surface area contributed by atoms with Gasteiger partial charge in [0.1, 0.15) is 0 Å². The Balaban J connectivity index is 1.87. The quantitative estimate of drug-likeness (QED) is 0.794. The summed E-state index contributed by atoms with van der Waals surface area (Å²) in [5, 5.41) is 15.4. The molecule has 3 rings (SSSR count). The molecular formula is C15H19N3O3. The first-order valence-electron chi connectivity index (χ1n) is 7.25. The first kappa shape index (κ1) is 13.9. The fourth-order valence-corrected chi connectivity index (χ4v) is 3.08. The Morgan fingerprint density at radius 1 is 1.48 bits per heavy atom. The van der Waals surface area contributed by atoms with Gasteiger partial charge >= 0.3 is 0 Å². The lowest BCUT2D eigenvalue weighted by molar-refractivity contribution is 0.0682. The van der Waals surface area contributed by atoms with Gasteiger partial charge in [-0.15, -0.1) is 0 Å². The van der Waals surface area contributed by atoms with Crippen LogP contribution in [0.25, 0.3) is 10.9 Å². The van der Waals surface area contributed by atoms with Crippen molar-refractivity contribution in [2.45, 2.75) is 38.3 Å². The number of benzene rings is 1. The molecule has 1 aromatic carbocycles. The molecule has 21 heavy (non-hydrogen) atoms. The Kier molecular flexibility index (Phi) is 3.55. The molecule has 2 atom stereocenters. The van der Waals surface area contributed by atoms with Crippen molar-refractivity contribution in [3.05, 3.63) is 34.1 Å². The third-order valence-corrected chi connectivity index (χ3v) is 4.07. The van der Waals surface area contributed by atoms with E-state index in [9.17, 15) is 14.7 Å². The minimum absolute atomic E-state index is 0.0397. The zero-order valence-electron chi connectivity index (χ0n) is 11.9. The van der Waals surface area contributed by atoms with Crippen LogP contribution in [-0.4, -0.2) is 44.8 Å². The van der Waals surface area contributed by atoms with Gasteiger partial charge < -0.3 is 10.0 Å². The molecule has 2 aromatic rings. The van der Waals surface area contributed by atoms with E-state index in [2.05, 4.69) is 10.2 Å². The third-order valence-electron chi connectivity index (χ3n) is 4.07. The number of H-pyrrole nitrogens is 2. The van der Waals surface area contributed by atoms with Crippen LogP contribution in [0.1, 0.15) is 36.5 Å². The number of aromatic nitrogens is 2. The number of rotatable bonds is 3. The molecular weight excluding hydrogens is 270 g/mol. The first-order valence-corrected chi connectivity index (χ1v) is 7.25. The van der Waals surface area contributed by atoms with Gasteiger partial charge in [0.05, 0.1) is 17.0 Å². The molecule has 2 unspecified atom stereocenters. The zero-order valence-corrected chi connectivity index (χ0v) is 11.9. The van der Waals surface area contributed by atoms with Gasteiger partial charge in [0.25, 0.3) is 11.5 Å². The highest BCUT2D eigenvalue weighted by molar-refractivity contribution is 5.98. The maximum atomic E-state index is 12.6. The second kappa shape index (κ2) is 5.37.